The van der Waals surface area contributed by atoms with Crippen molar-refractivity contribution in [3.63, 3.8) is 0 Å². The fraction of sp³-hybridized carbons (Fsp3) is 0.455. The molecule has 0 aliphatic carbocycles. The van der Waals surface area contributed by atoms with E-state index < -0.39 is 5.82 Å². The predicted octanol–water partition coefficient (Wildman–Crippen LogP) is 4.15. The van der Waals surface area contributed by atoms with Gasteiger partial charge in [0, 0.05) is 32.0 Å². The van der Waals surface area contributed by atoms with Crippen LogP contribution in [0.25, 0.3) is 0 Å². The zero-order valence-electron chi connectivity index (χ0n) is 16.8. The Morgan fingerprint density at radius 1 is 1.29 bits per heavy atom. The van der Waals surface area contributed by atoms with Crippen LogP contribution >= 0.6 is 0 Å². The number of ether oxygens (including phenoxy) is 1. The van der Waals surface area contributed by atoms with Crippen molar-refractivity contribution in [1.82, 2.24) is 15.1 Å². The molecule has 28 heavy (non-hydrogen) atoms. The van der Waals surface area contributed by atoms with E-state index in [9.17, 15) is 9.18 Å². The third-order valence-electron chi connectivity index (χ3n) is 4.23. The molecule has 1 aromatic carbocycles. The van der Waals surface area contributed by atoms with Gasteiger partial charge >= 0.3 is 0 Å². The van der Waals surface area contributed by atoms with Crippen LogP contribution in [0.15, 0.2) is 24.3 Å². The molecule has 0 unspecified atom stereocenters. The van der Waals surface area contributed by atoms with E-state index in [2.05, 4.69) is 29.2 Å². The normalized spacial score (nSPS) is 10.3. The molecule has 0 aliphatic rings. The summed E-state index contributed by atoms with van der Waals surface area (Å²) in [5, 5.41) is 6.86. The van der Waals surface area contributed by atoms with E-state index in [0.29, 0.717) is 24.3 Å². The molecular weight excluding hydrogens is 357 g/mol. The van der Waals surface area contributed by atoms with Crippen LogP contribution in [-0.2, 0) is 13.6 Å². The van der Waals surface area contributed by atoms with E-state index in [4.69, 9.17) is 4.74 Å². The topological polar surface area (TPSA) is 56.1 Å². The summed E-state index contributed by atoms with van der Waals surface area (Å²) >= 11 is 0. The molecule has 1 N–H and O–H groups in total. The molecule has 0 radical (unpaired) electrons. The second-order valence-electron chi connectivity index (χ2n) is 6.62. The van der Waals surface area contributed by atoms with Crippen LogP contribution < -0.4 is 10.1 Å². The van der Waals surface area contributed by atoms with Crippen LogP contribution in [0.1, 0.15) is 60.8 Å². The lowest BCUT2D eigenvalue weighted by molar-refractivity contribution is 0.0941. The lowest BCUT2D eigenvalue weighted by Gasteiger charge is -2.10. The van der Waals surface area contributed by atoms with Crippen molar-refractivity contribution in [2.45, 2.75) is 52.5 Å². The van der Waals surface area contributed by atoms with E-state index in [1.165, 1.54) is 17.5 Å². The van der Waals surface area contributed by atoms with Crippen LogP contribution in [-0.4, -0.2) is 22.3 Å². The number of nitrogens with zero attached hydrogens (tertiary/aromatic N) is 2. The molecule has 150 valence electrons. The Hall–Kier alpha value is -2.81. The number of unbranched alkanes of at least 4 members (excludes halogenated alkanes) is 3. The first-order valence-electron chi connectivity index (χ1n) is 9.67. The summed E-state index contributed by atoms with van der Waals surface area (Å²) in [6, 6.07) is 6.61. The third kappa shape index (κ3) is 6.41. The predicted molar refractivity (Wildman–Crippen MR) is 108 cm³/mol. The first-order valence-corrected chi connectivity index (χ1v) is 9.67. The number of aromatic nitrogens is 2. The lowest BCUT2D eigenvalue weighted by atomic mass is 10.2. The van der Waals surface area contributed by atoms with Gasteiger partial charge in [-0.25, -0.2) is 4.39 Å². The molecule has 2 rings (SSSR count). The quantitative estimate of drug-likeness (QED) is 0.521. The Balaban J connectivity index is 1.85. The Bertz CT molecular complexity index is 849. The standard InChI is InChI=1S/C22H28FN3O2/c1-4-5-6-7-8-9-10-14-28-20-13-11-12-18(21(20)23)16-24-22(27)19-15-17(2)25-26(19)3/h11-13,15H,4-7,10,14,16H2,1-3H3,(H,24,27). The first kappa shape index (κ1) is 21.5. The molecule has 0 bridgehead atoms. The number of benzene rings is 1. The third-order valence-corrected chi connectivity index (χ3v) is 4.23. The SMILES string of the molecule is CCCCCC#CCCOc1cccc(CNC(=O)c2cc(C)nn2C)c1F. The maximum absolute atomic E-state index is 14.6. The van der Waals surface area contributed by atoms with Crippen molar-refractivity contribution in [2.24, 2.45) is 7.05 Å². The molecule has 0 aliphatic heterocycles. The Kier molecular flexibility index (Phi) is 8.54. The summed E-state index contributed by atoms with van der Waals surface area (Å²) in [6.45, 7) is 4.38. The molecule has 0 fully saturated rings. The van der Waals surface area contributed by atoms with Crippen molar-refractivity contribution >= 4 is 5.91 Å². The highest BCUT2D eigenvalue weighted by Crippen LogP contribution is 2.20. The van der Waals surface area contributed by atoms with E-state index >= 15 is 0 Å². The van der Waals surface area contributed by atoms with Gasteiger partial charge in [-0.1, -0.05) is 37.8 Å². The van der Waals surface area contributed by atoms with Gasteiger partial charge in [-0.15, -0.1) is 5.92 Å². The second-order valence-corrected chi connectivity index (χ2v) is 6.62. The van der Waals surface area contributed by atoms with E-state index in [1.807, 2.05) is 6.92 Å². The maximum Gasteiger partial charge on any atom is 0.269 e. The number of rotatable bonds is 9. The molecular formula is C22H28FN3O2. The number of halogens is 1. The van der Waals surface area contributed by atoms with Gasteiger partial charge in [-0.3, -0.25) is 9.48 Å². The van der Waals surface area contributed by atoms with E-state index in [-0.39, 0.29) is 18.2 Å². The van der Waals surface area contributed by atoms with Gasteiger partial charge in [-0.2, -0.15) is 5.10 Å². The highest BCUT2D eigenvalue weighted by molar-refractivity contribution is 5.92. The molecule has 2 aromatic rings. The van der Waals surface area contributed by atoms with Crippen molar-refractivity contribution in [1.29, 1.82) is 0 Å². The van der Waals surface area contributed by atoms with Gasteiger partial charge in [0.2, 0.25) is 0 Å². The fourth-order valence-electron chi connectivity index (χ4n) is 2.75. The zero-order chi connectivity index (χ0) is 20.4. The summed E-state index contributed by atoms with van der Waals surface area (Å²) in [5.41, 5.74) is 1.56. The molecule has 1 aromatic heterocycles. The molecule has 0 atom stereocenters. The molecule has 6 heteroatoms. The summed E-state index contributed by atoms with van der Waals surface area (Å²) < 4.78 is 21.6. The van der Waals surface area contributed by atoms with Crippen LogP contribution in [0.4, 0.5) is 4.39 Å². The van der Waals surface area contributed by atoms with Crippen LogP contribution in [0.5, 0.6) is 5.75 Å². The Labute approximate surface area is 166 Å². The number of carbonyl (C=O) groups excluding carboxylic acids is 1. The van der Waals surface area contributed by atoms with Crippen LogP contribution in [0.3, 0.4) is 0 Å². The van der Waals surface area contributed by atoms with Gasteiger partial charge in [0.15, 0.2) is 11.6 Å². The fourth-order valence-corrected chi connectivity index (χ4v) is 2.75. The smallest absolute Gasteiger partial charge is 0.269 e. The minimum atomic E-state index is -0.458. The number of hydrogen-bond acceptors (Lipinski definition) is 3. The number of nitrogens with one attached hydrogen (secondary N) is 1. The summed E-state index contributed by atoms with van der Waals surface area (Å²) in [4.78, 5) is 12.2. The maximum atomic E-state index is 14.6. The van der Waals surface area contributed by atoms with Crippen molar-refractivity contribution in [2.75, 3.05) is 6.61 Å². The highest BCUT2D eigenvalue weighted by atomic mass is 19.1. The van der Waals surface area contributed by atoms with E-state index in [0.717, 1.165) is 18.5 Å². The van der Waals surface area contributed by atoms with Gasteiger partial charge < -0.3 is 10.1 Å². The monoisotopic (exact) mass is 385 g/mol. The van der Waals surface area contributed by atoms with Crippen molar-refractivity contribution in [3.05, 3.63) is 47.0 Å². The van der Waals surface area contributed by atoms with Gasteiger partial charge in [0.05, 0.1) is 12.3 Å². The number of hydrogen-bond donors (Lipinski definition) is 1. The summed E-state index contributed by atoms with van der Waals surface area (Å²) in [7, 11) is 1.70. The number of aryl methyl sites for hydroxylation is 2. The Morgan fingerprint density at radius 3 is 2.79 bits per heavy atom. The van der Waals surface area contributed by atoms with Gasteiger partial charge in [0.25, 0.3) is 5.91 Å². The molecule has 1 amide bonds. The average molecular weight is 385 g/mol. The van der Waals surface area contributed by atoms with Gasteiger partial charge in [-0.05, 0) is 25.5 Å². The molecule has 0 spiro atoms. The first-order chi connectivity index (χ1) is 13.5. The summed E-state index contributed by atoms with van der Waals surface area (Å²) in [6.07, 6.45) is 4.95. The largest absolute Gasteiger partial charge is 0.490 e. The second kappa shape index (κ2) is 11.1. The molecule has 1 heterocycles. The molecule has 5 nitrogen and oxygen atoms in total. The minimum Gasteiger partial charge on any atom is -0.490 e. The number of carbonyl (C=O) groups is 1. The van der Waals surface area contributed by atoms with Crippen molar-refractivity contribution in [3.8, 4) is 17.6 Å². The molecule has 0 saturated carbocycles. The zero-order valence-corrected chi connectivity index (χ0v) is 16.8. The lowest BCUT2D eigenvalue weighted by Crippen LogP contribution is -2.25. The highest BCUT2D eigenvalue weighted by Gasteiger charge is 2.14. The minimum absolute atomic E-state index is 0.0727. The Morgan fingerprint density at radius 2 is 2.07 bits per heavy atom. The molecule has 0 saturated heterocycles. The van der Waals surface area contributed by atoms with Crippen LogP contribution in [0.2, 0.25) is 0 Å². The van der Waals surface area contributed by atoms with Crippen molar-refractivity contribution < 1.29 is 13.9 Å². The number of amides is 1. The van der Waals surface area contributed by atoms with E-state index in [1.54, 1.807) is 31.3 Å². The average Bonchev–Trinajstić information content (AvgIpc) is 3.02. The summed E-state index contributed by atoms with van der Waals surface area (Å²) in [5.74, 6) is 5.58. The van der Waals surface area contributed by atoms with Gasteiger partial charge in [0.1, 0.15) is 5.69 Å². The van der Waals surface area contributed by atoms with Crippen LogP contribution in [0, 0.1) is 24.6 Å².